The van der Waals surface area contributed by atoms with Gasteiger partial charge in [-0.15, -0.1) is 11.6 Å². The molecule has 0 spiro atoms. The first kappa shape index (κ1) is 17.4. The van der Waals surface area contributed by atoms with Crippen molar-refractivity contribution in [3.05, 3.63) is 23.3 Å². The molecule has 0 fully saturated rings. The van der Waals surface area contributed by atoms with Gasteiger partial charge >= 0.3 is 17.9 Å². The van der Waals surface area contributed by atoms with Crippen LogP contribution in [0, 0.1) is 0 Å². The number of rotatable bonds is 5. The van der Waals surface area contributed by atoms with E-state index < -0.39 is 17.9 Å². The lowest BCUT2D eigenvalue weighted by Crippen LogP contribution is -2.48. The molecule has 0 saturated heterocycles. The third-order valence-electron chi connectivity index (χ3n) is 3.67. The lowest BCUT2D eigenvalue weighted by molar-refractivity contribution is -0.179. The maximum absolute atomic E-state index is 12.1. The van der Waals surface area contributed by atoms with Crippen molar-refractivity contribution < 1.29 is 28.9 Å². The quantitative estimate of drug-likeness (QED) is 0.501. The van der Waals surface area contributed by atoms with Crippen molar-refractivity contribution in [1.29, 1.82) is 0 Å². The number of alkyl halides is 1. The number of ether oxygens (including phenoxy) is 3. The van der Waals surface area contributed by atoms with Gasteiger partial charge in [0.1, 0.15) is 0 Å². The van der Waals surface area contributed by atoms with Gasteiger partial charge in [-0.05, 0) is 31.4 Å². The molecule has 2 atom stereocenters. The lowest BCUT2D eigenvalue weighted by atomic mass is 9.99. The van der Waals surface area contributed by atoms with Gasteiger partial charge in [-0.3, -0.25) is 0 Å². The van der Waals surface area contributed by atoms with E-state index in [9.17, 15) is 9.59 Å². The van der Waals surface area contributed by atoms with E-state index in [2.05, 4.69) is 4.74 Å². The zero-order valence-corrected chi connectivity index (χ0v) is 14.0. The van der Waals surface area contributed by atoms with Gasteiger partial charge < -0.3 is 19.3 Å². The van der Waals surface area contributed by atoms with E-state index >= 15 is 0 Å². The first-order valence-corrected chi connectivity index (χ1v) is 7.88. The van der Waals surface area contributed by atoms with E-state index in [0.717, 1.165) is 11.1 Å². The van der Waals surface area contributed by atoms with Crippen LogP contribution in [0.3, 0.4) is 0 Å². The summed E-state index contributed by atoms with van der Waals surface area (Å²) in [6.45, 7) is 5.51. The maximum Gasteiger partial charge on any atom is 0.513 e. The molecule has 1 aromatic carbocycles. The summed E-state index contributed by atoms with van der Waals surface area (Å²) in [5, 5.41) is 8.60. The minimum atomic E-state index is -1.77. The first-order valence-electron chi connectivity index (χ1n) is 7.45. The smallest absolute Gasteiger partial charge is 0.449 e. The van der Waals surface area contributed by atoms with E-state index in [1.807, 2.05) is 19.9 Å². The Hall–Kier alpha value is -1.95. The van der Waals surface area contributed by atoms with Crippen LogP contribution in [0.25, 0.3) is 0 Å². The molecule has 0 aromatic heterocycles. The molecule has 126 valence electrons. The number of benzene rings is 1. The number of carbonyl (C=O) groups excluding carboxylic acids is 1. The molecule has 0 saturated carbocycles. The van der Waals surface area contributed by atoms with Crippen LogP contribution in [0.4, 0.5) is 4.79 Å². The molecule has 1 unspecified atom stereocenters. The summed E-state index contributed by atoms with van der Waals surface area (Å²) in [5.41, 5.74) is 1.91. The van der Waals surface area contributed by atoms with Crippen molar-refractivity contribution in [2.45, 2.75) is 51.2 Å². The molecule has 1 aliphatic rings. The molecule has 23 heavy (non-hydrogen) atoms. The highest BCUT2D eigenvalue weighted by Crippen LogP contribution is 2.45. The van der Waals surface area contributed by atoms with E-state index in [-0.39, 0.29) is 11.8 Å². The van der Waals surface area contributed by atoms with Crippen LogP contribution in [0.15, 0.2) is 12.1 Å². The Balaban J connectivity index is 2.39. The molecule has 0 bridgehead atoms. The number of hydrogen-bond acceptors (Lipinski definition) is 5. The van der Waals surface area contributed by atoms with Gasteiger partial charge in [-0.2, -0.15) is 0 Å². The fourth-order valence-electron chi connectivity index (χ4n) is 2.61. The van der Waals surface area contributed by atoms with Crippen LogP contribution < -0.4 is 9.47 Å². The van der Waals surface area contributed by atoms with Gasteiger partial charge in [-0.25, -0.2) is 9.59 Å². The topological polar surface area (TPSA) is 82.1 Å². The van der Waals surface area contributed by atoms with Gasteiger partial charge in [0.15, 0.2) is 11.5 Å². The maximum atomic E-state index is 12.1. The summed E-state index contributed by atoms with van der Waals surface area (Å²) >= 11 is 6.07. The van der Waals surface area contributed by atoms with Crippen LogP contribution >= 0.6 is 11.6 Å². The van der Waals surface area contributed by atoms with Crippen molar-refractivity contribution in [3.8, 4) is 11.5 Å². The first-order chi connectivity index (χ1) is 10.8. The second kappa shape index (κ2) is 6.66. The summed E-state index contributed by atoms with van der Waals surface area (Å²) in [6.07, 6.45) is -0.268. The standard InChI is InChI=1S/C16H19ClO6/c1-4-11-10(8-9(3)17)6-7-12-13(11)23-16(5-2,22-12)14(18)21-15(19)20/h6-7,9H,4-5,8H2,1-3H3,(H,19,20)/t9-,16?/m1/s1. The van der Waals surface area contributed by atoms with E-state index in [1.165, 1.54) is 0 Å². The summed E-state index contributed by atoms with van der Waals surface area (Å²) in [5.74, 6) is -2.00. The van der Waals surface area contributed by atoms with Crippen molar-refractivity contribution in [2.24, 2.45) is 0 Å². The summed E-state index contributed by atoms with van der Waals surface area (Å²) < 4.78 is 15.6. The summed E-state index contributed by atoms with van der Waals surface area (Å²) in [7, 11) is 0. The van der Waals surface area contributed by atoms with Crippen molar-refractivity contribution in [2.75, 3.05) is 0 Å². The fourth-order valence-corrected chi connectivity index (χ4v) is 2.78. The number of esters is 1. The van der Waals surface area contributed by atoms with E-state index in [1.54, 1.807) is 13.0 Å². The Labute approximate surface area is 139 Å². The Morgan fingerprint density at radius 1 is 1.35 bits per heavy atom. The van der Waals surface area contributed by atoms with Gasteiger partial charge in [-0.1, -0.05) is 19.9 Å². The highest BCUT2D eigenvalue weighted by atomic mass is 35.5. The molecule has 2 rings (SSSR count). The van der Waals surface area contributed by atoms with Gasteiger partial charge in [0, 0.05) is 17.4 Å². The molecule has 1 aliphatic heterocycles. The zero-order valence-electron chi connectivity index (χ0n) is 13.2. The van der Waals surface area contributed by atoms with Crippen molar-refractivity contribution >= 4 is 23.7 Å². The molecular formula is C16H19ClO6. The molecular weight excluding hydrogens is 324 g/mol. The minimum absolute atomic E-state index is 0.0476. The van der Waals surface area contributed by atoms with Crippen LogP contribution in [-0.2, 0) is 22.4 Å². The molecule has 0 aliphatic carbocycles. The molecule has 1 heterocycles. The van der Waals surface area contributed by atoms with Gasteiger partial charge in [0.05, 0.1) is 0 Å². The third-order valence-corrected chi connectivity index (χ3v) is 3.83. The van der Waals surface area contributed by atoms with Crippen LogP contribution in [0.1, 0.15) is 38.3 Å². The Kier molecular flexibility index (Phi) is 5.04. The molecule has 0 amide bonds. The Bertz CT molecular complexity index is 627. The van der Waals surface area contributed by atoms with E-state index in [4.69, 9.17) is 26.2 Å². The lowest BCUT2D eigenvalue weighted by Gasteiger charge is -2.22. The number of hydrogen-bond donors (Lipinski definition) is 1. The van der Waals surface area contributed by atoms with Crippen LogP contribution in [-0.4, -0.2) is 28.4 Å². The SMILES string of the molecule is CCc1c(C[C@@H](C)Cl)ccc2c1OC(CC)(C(=O)OC(=O)O)O2. The van der Waals surface area contributed by atoms with Gasteiger partial charge in [0.2, 0.25) is 0 Å². The number of fused-ring (bicyclic) bond motifs is 1. The fraction of sp³-hybridized carbons (Fsp3) is 0.500. The van der Waals surface area contributed by atoms with Gasteiger partial charge in [0.25, 0.3) is 0 Å². The Morgan fingerprint density at radius 2 is 2.04 bits per heavy atom. The predicted molar refractivity (Wildman–Crippen MR) is 83.2 cm³/mol. The van der Waals surface area contributed by atoms with Crippen molar-refractivity contribution in [3.63, 3.8) is 0 Å². The van der Waals surface area contributed by atoms with Crippen molar-refractivity contribution in [1.82, 2.24) is 0 Å². The number of carboxylic acid groups (broad SMARTS) is 1. The predicted octanol–water partition coefficient (Wildman–Crippen LogP) is 3.52. The summed E-state index contributed by atoms with van der Waals surface area (Å²) in [4.78, 5) is 22.7. The second-order valence-corrected chi connectivity index (χ2v) is 6.08. The highest BCUT2D eigenvalue weighted by Gasteiger charge is 2.51. The zero-order chi connectivity index (χ0) is 17.2. The summed E-state index contributed by atoms with van der Waals surface area (Å²) in [6, 6.07) is 3.59. The third kappa shape index (κ3) is 3.37. The number of halogens is 1. The molecule has 0 radical (unpaired) electrons. The monoisotopic (exact) mass is 342 g/mol. The molecule has 7 heteroatoms. The van der Waals surface area contributed by atoms with Crippen LogP contribution in [0.2, 0.25) is 0 Å². The highest BCUT2D eigenvalue weighted by molar-refractivity contribution is 6.20. The average molecular weight is 343 g/mol. The largest absolute Gasteiger partial charge is 0.513 e. The van der Waals surface area contributed by atoms with Crippen LogP contribution in [0.5, 0.6) is 11.5 Å². The Morgan fingerprint density at radius 3 is 2.57 bits per heavy atom. The molecule has 1 aromatic rings. The number of carbonyl (C=O) groups is 2. The molecule has 6 nitrogen and oxygen atoms in total. The second-order valence-electron chi connectivity index (χ2n) is 5.33. The van der Waals surface area contributed by atoms with E-state index in [0.29, 0.717) is 24.3 Å². The molecule has 1 N–H and O–H groups in total. The average Bonchev–Trinajstić information content (AvgIpc) is 2.86. The normalized spacial score (nSPS) is 20.2. The minimum Gasteiger partial charge on any atom is -0.449 e.